The lowest BCUT2D eigenvalue weighted by Gasteiger charge is -2.58. The van der Waals surface area contributed by atoms with Crippen LogP contribution in [0.2, 0.25) is 0 Å². The van der Waals surface area contributed by atoms with Crippen LogP contribution >= 0.6 is 0 Å². The van der Waals surface area contributed by atoms with Gasteiger partial charge in [-0.2, -0.15) is 0 Å². The van der Waals surface area contributed by atoms with E-state index in [-0.39, 0.29) is 17.0 Å². The molecule has 1 aliphatic heterocycles. The van der Waals surface area contributed by atoms with E-state index in [0.717, 1.165) is 38.5 Å². The van der Waals surface area contributed by atoms with Crippen LogP contribution in [-0.4, -0.2) is 17.4 Å². The van der Waals surface area contributed by atoms with Crippen molar-refractivity contribution in [1.82, 2.24) is 0 Å². The minimum Gasteiger partial charge on any atom is -0.458 e. The van der Waals surface area contributed by atoms with Crippen LogP contribution in [0.15, 0.2) is 24.3 Å². The van der Waals surface area contributed by atoms with Crippen LogP contribution in [0.25, 0.3) is 0 Å². The van der Waals surface area contributed by atoms with Gasteiger partial charge in [-0.05, 0) is 87.0 Å². The summed E-state index contributed by atoms with van der Waals surface area (Å²) in [5.74, 6) is 3.36. The van der Waals surface area contributed by atoms with Gasteiger partial charge in [0.25, 0.3) is 0 Å². The van der Waals surface area contributed by atoms with Gasteiger partial charge in [0.1, 0.15) is 5.60 Å². The first-order chi connectivity index (χ1) is 13.0. The van der Waals surface area contributed by atoms with Crippen LogP contribution in [0.1, 0.15) is 71.1 Å². The summed E-state index contributed by atoms with van der Waals surface area (Å²) in [6, 6.07) is 0. The van der Waals surface area contributed by atoms with E-state index in [2.05, 4.69) is 19.6 Å². The van der Waals surface area contributed by atoms with Gasteiger partial charge < -0.3 is 4.74 Å². The highest BCUT2D eigenvalue weighted by Crippen LogP contribution is 2.69. The monoisotopic (exact) mass is 368 g/mol. The molecule has 146 valence electrons. The number of hydrogen-bond donors (Lipinski definition) is 0. The summed E-state index contributed by atoms with van der Waals surface area (Å²) in [7, 11) is 0. The fourth-order valence-electron chi connectivity index (χ4n) is 8.36. The zero-order chi connectivity index (χ0) is 18.8. The number of fused-ring (bicyclic) bond motifs is 6. The summed E-state index contributed by atoms with van der Waals surface area (Å²) >= 11 is 0. The minimum absolute atomic E-state index is 0.0190. The van der Waals surface area contributed by atoms with Crippen molar-refractivity contribution in [3.8, 4) is 0 Å². The van der Waals surface area contributed by atoms with Gasteiger partial charge in [-0.15, -0.1) is 6.58 Å². The molecule has 0 aromatic carbocycles. The number of hydrogen-bond acceptors (Lipinski definition) is 3. The SMILES string of the molecule is C=CC1CC2=CC(=O)CC[C@@H]2C2CC[C@@]3(CC)C(CC[C@@]34CCC(=O)O4)C12. The van der Waals surface area contributed by atoms with E-state index in [0.29, 0.717) is 41.8 Å². The Labute approximate surface area is 162 Å². The maximum atomic E-state index is 12.1. The molecule has 0 radical (unpaired) electrons. The highest BCUT2D eigenvalue weighted by molar-refractivity contribution is 5.91. The largest absolute Gasteiger partial charge is 0.458 e. The first-order valence-corrected chi connectivity index (χ1v) is 11.1. The Morgan fingerprint density at radius 2 is 2.04 bits per heavy atom. The van der Waals surface area contributed by atoms with Gasteiger partial charge in [-0.1, -0.05) is 18.6 Å². The van der Waals surface area contributed by atoms with Gasteiger partial charge in [0.05, 0.1) is 0 Å². The lowest BCUT2D eigenvalue weighted by atomic mass is 9.47. The van der Waals surface area contributed by atoms with Crippen molar-refractivity contribution in [3.63, 3.8) is 0 Å². The Bertz CT molecular complexity index is 721. The first-order valence-electron chi connectivity index (χ1n) is 11.1. The molecule has 4 unspecified atom stereocenters. The third kappa shape index (κ3) is 2.26. The van der Waals surface area contributed by atoms with E-state index in [1.807, 2.05) is 6.08 Å². The highest BCUT2D eigenvalue weighted by atomic mass is 16.6. The molecule has 4 aliphatic carbocycles. The second kappa shape index (κ2) is 6.06. The number of carbonyl (C=O) groups excluding carboxylic acids is 2. The minimum atomic E-state index is -0.196. The second-order valence-electron chi connectivity index (χ2n) is 9.84. The number of carbonyl (C=O) groups is 2. The van der Waals surface area contributed by atoms with Crippen LogP contribution in [0, 0.1) is 35.0 Å². The molecule has 7 atom stereocenters. The van der Waals surface area contributed by atoms with Gasteiger partial charge >= 0.3 is 5.97 Å². The molecule has 3 heteroatoms. The predicted octanol–water partition coefficient (Wildman–Crippen LogP) is 5.01. The molecule has 27 heavy (non-hydrogen) atoms. The van der Waals surface area contributed by atoms with Crippen LogP contribution < -0.4 is 0 Å². The van der Waals surface area contributed by atoms with Crippen LogP contribution in [0.3, 0.4) is 0 Å². The van der Waals surface area contributed by atoms with Crippen molar-refractivity contribution >= 4 is 11.8 Å². The third-order valence-electron chi connectivity index (χ3n) is 9.34. The van der Waals surface area contributed by atoms with Gasteiger partial charge in [0.2, 0.25) is 0 Å². The predicted molar refractivity (Wildman–Crippen MR) is 104 cm³/mol. The number of esters is 1. The summed E-state index contributed by atoms with van der Waals surface area (Å²) in [5, 5.41) is 0. The van der Waals surface area contributed by atoms with Crippen molar-refractivity contribution in [2.75, 3.05) is 0 Å². The summed E-state index contributed by atoms with van der Waals surface area (Å²) < 4.78 is 6.12. The van der Waals surface area contributed by atoms with Crippen molar-refractivity contribution in [2.24, 2.45) is 35.0 Å². The molecule has 0 aromatic heterocycles. The van der Waals surface area contributed by atoms with Crippen LogP contribution in [-0.2, 0) is 14.3 Å². The van der Waals surface area contributed by atoms with Gasteiger partial charge in [-0.3, -0.25) is 9.59 Å². The summed E-state index contributed by atoms with van der Waals surface area (Å²) in [6.45, 7) is 6.52. The molecule has 5 aliphatic rings. The number of allylic oxidation sites excluding steroid dienone is 2. The fourth-order valence-corrected chi connectivity index (χ4v) is 8.36. The van der Waals surface area contributed by atoms with Crippen molar-refractivity contribution in [1.29, 1.82) is 0 Å². The Balaban J connectivity index is 1.54. The average Bonchev–Trinajstić information content (AvgIpc) is 3.21. The molecule has 4 fully saturated rings. The molecule has 0 amide bonds. The smallest absolute Gasteiger partial charge is 0.306 e. The quantitative estimate of drug-likeness (QED) is 0.508. The maximum absolute atomic E-state index is 12.1. The Morgan fingerprint density at radius 1 is 1.19 bits per heavy atom. The molecular formula is C24H32O3. The topological polar surface area (TPSA) is 43.4 Å². The Morgan fingerprint density at radius 3 is 2.74 bits per heavy atom. The van der Waals surface area contributed by atoms with Crippen molar-refractivity contribution < 1.29 is 14.3 Å². The van der Waals surface area contributed by atoms with Crippen molar-refractivity contribution in [2.45, 2.75) is 76.7 Å². The summed E-state index contributed by atoms with van der Waals surface area (Å²) in [6.07, 6.45) is 14.2. The molecule has 1 heterocycles. The molecule has 5 rings (SSSR count). The zero-order valence-corrected chi connectivity index (χ0v) is 16.5. The lowest BCUT2D eigenvalue weighted by molar-refractivity contribution is -0.171. The molecular weight excluding hydrogens is 336 g/mol. The Hall–Kier alpha value is -1.38. The lowest BCUT2D eigenvalue weighted by Crippen LogP contribution is -2.55. The molecule has 1 saturated heterocycles. The Kier molecular flexibility index (Phi) is 3.97. The van der Waals surface area contributed by atoms with Crippen LogP contribution in [0.4, 0.5) is 0 Å². The molecule has 1 spiro atoms. The van der Waals surface area contributed by atoms with E-state index < -0.39 is 0 Å². The molecule has 3 nitrogen and oxygen atoms in total. The van der Waals surface area contributed by atoms with E-state index in [1.54, 1.807) is 0 Å². The molecule has 3 saturated carbocycles. The number of ketones is 1. The standard InChI is InChI=1S/C24H32O3/c1-3-15-13-16-14-17(25)5-6-18(16)19-7-10-23(4-2)20(22(15)19)8-11-24(23)12-9-21(26)27-24/h3,14-15,18-20,22H,1,4-13H2,2H3/t15?,18-,19?,20?,22?,23-,24+/m0/s1. The summed E-state index contributed by atoms with van der Waals surface area (Å²) in [5.41, 5.74) is 1.37. The van der Waals surface area contributed by atoms with E-state index in [4.69, 9.17) is 4.74 Å². The van der Waals surface area contributed by atoms with Gasteiger partial charge in [0.15, 0.2) is 5.78 Å². The molecule has 0 N–H and O–H groups in total. The normalized spacial score (nSPS) is 48.5. The van der Waals surface area contributed by atoms with Crippen molar-refractivity contribution in [3.05, 3.63) is 24.3 Å². The maximum Gasteiger partial charge on any atom is 0.306 e. The number of ether oxygens (including phenoxy) is 1. The fraction of sp³-hybridized carbons (Fsp3) is 0.750. The third-order valence-corrected chi connectivity index (χ3v) is 9.34. The zero-order valence-electron chi connectivity index (χ0n) is 16.5. The average molecular weight is 369 g/mol. The van der Waals surface area contributed by atoms with Gasteiger partial charge in [-0.25, -0.2) is 0 Å². The van der Waals surface area contributed by atoms with Gasteiger partial charge in [0, 0.05) is 18.3 Å². The molecule has 0 bridgehead atoms. The highest BCUT2D eigenvalue weighted by Gasteiger charge is 2.68. The second-order valence-corrected chi connectivity index (χ2v) is 9.84. The first kappa shape index (κ1) is 17.7. The van der Waals surface area contributed by atoms with Crippen LogP contribution in [0.5, 0.6) is 0 Å². The number of rotatable bonds is 2. The molecule has 0 aromatic rings. The van der Waals surface area contributed by atoms with E-state index in [1.165, 1.54) is 24.8 Å². The van der Waals surface area contributed by atoms with E-state index >= 15 is 0 Å². The van der Waals surface area contributed by atoms with E-state index in [9.17, 15) is 9.59 Å². The summed E-state index contributed by atoms with van der Waals surface area (Å²) in [4.78, 5) is 24.1.